The zero-order chi connectivity index (χ0) is 14.0. The largest absolute Gasteiger partial charge is 0.462 e. The number of ether oxygens (including phenoxy) is 1. The number of esters is 1. The van der Waals surface area contributed by atoms with Crippen molar-refractivity contribution in [3.63, 3.8) is 0 Å². The molecule has 0 bridgehead atoms. The van der Waals surface area contributed by atoms with E-state index in [1.807, 2.05) is 19.1 Å². The maximum Gasteiger partial charge on any atom is 0.341 e. The fraction of sp³-hybridized carbons (Fsp3) is 0.214. The van der Waals surface area contributed by atoms with Gasteiger partial charge in [0.2, 0.25) is 0 Å². The molecule has 0 radical (unpaired) electrons. The smallest absolute Gasteiger partial charge is 0.341 e. The standard InChI is InChI=1S/C14H14ClNO2S/c1-3-18-14(17)12-11(8(2)19-13(12)16)9-4-6-10(15)7-5-9/h4-7H,3,16H2,1-2H3. The van der Waals surface area contributed by atoms with E-state index in [1.165, 1.54) is 11.3 Å². The third kappa shape index (κ3) is 2.74. The number of rotatable bonds is 3. The Bertz CT molecular complexity index is 605. The molecule has 0 aliphatic heterocycles. The van der Waals surface area contributed by atoms with Crippen LogP contribution < -0.4 is 5.73 Å². The maximum atomic E-state index is 12.0. The first-order valence-electron chi connectivity index (χ1n) is 5.86. The number of benzene rings is 1. The van der Waals surface area contributed by atoms with Gasteiger partial charge in [-0.3, -0.25) is 0 Å². The molecule has 0 spiro atoms. The molecule has 1 heterocycles. The predicted octanol–water partition coefficient (Wildman–Crippen LogP) is 4.14. The number of aryl methyl sites for hydroxylation is 1. The van der Waals surface area contributed by atoms with E-state index in [9.17, 15) is 4.79 Å². The summed E-state index contributed by atoms with van der Waals surface area (Å²) in [6.45, 7) is 4.04. The second-order valence-corrected chi connectivity index (χ2v) is 5.69. The third-order valence-electron chi connectivity index (χ3n) is 2.72. The highest BCUT2D eigenvalue weighted by atomic mass is 35.5. The molecule has 0 aliphatic rings. The van der Waals surface area contributed by atoms with Crippen molar-refractivity contribution in [1.29, 1.82) is 0 Å². The first-order chi connectivity index (χ1) is 9.04. The van der Waals surface area contributed by atoms with Crippen LogP contribution in [-0.4, -0.2) is 12.6 Å². The molecule has 0 atom stereocenters. The summed E-state index contributed by atoms with van der Waals surface area (Å²) in [5, 5.41) is 1.14. The monoisotopic (exact) mass is 295 g/mol. The van der Waals surface area contributed by atoms with Crippen LogP contribution in [0.25, 0.3) is 11.1 Å². The van der Waals surface area contributed by atoms with Crippen molar-refractivity contribution in [2.45, 2.75) is 13.8 Å². The second kappa shape index (κ2) is 5.63. The normalized spacial score (nSPS) is 10.5. The van der Waals surface area contributed by atoms with Gasteiger partial charge >= 0.3 is 5.97 Å². The molecular weight excluding hydrogens is 282 g/mol. The molecule has 2 aromatic rings. The van der Waals surface area contributed by atoms with Crippen LogP contribution in [0.4, 0.5) is 5.00 Å². The highest BCUT2D eigenvalue weighted by Gasteiger charge is 2.22. The van der Waals surface area contributed by atoms with Crippen molar-refractivity contribution in [2.75, 3.05) is 12.3 Å². The Morgan fingerprint density at radius 3 is 2.58 bits per heavy atom. The van der Waals surface area contributed by atoms with Gasteiger partial charge in [0.1, 0.15) is 10.6 Å². The van der Waals surface area contributed by atoms with Gasteiger partial charge in [-0.2, -0.15) is 0 Å². The van der Waals surface area contributed by atoms with Crippen LogP contribution in [0.2, 0.25) is 5.02 Å². The van der Waals surface area contributed by atoms with Crippen LogP contribution in [0.3, 0.4) is 0 Å². The summed E-state index contributed by atoms with van der Waals surface area (Å²) in [7, 11) is 0. The van der Waals surface area contributed by atoms with E-state index in [0.717, 1.165) is 16.0 Å². The molecule has 3 nitrogen and oxygen atoms in total. The van der Waals surface area contributed by atoms with Crippen LogP contribution in [0, 0.1) is 6.92 Å². The van der Waals surface area contributed by atoms with Crippen LogP contribution in [0.1, 0.15) is 22.2 Å². The van der Waals surface area contributed by atoms with Gasteiger partial charge in [-0.25, -0.2) is 4.79 Å². The Kier molecular flexibility index (Phi) is 4.12. The van der Waals surface area contributed by atoms with Crippen molar-refractivity contribution in [1.82, 2.24) is 0 Å². The molecule has 0 aliphatic carbocycles. The van der Waals surface area contributed by atoms with Crippen molar-refractivity contribution in [3.8, 4) is 11.1 Å². The Labute approximate surface area is 121 Å². The zero-order valence-electron chi connectivity index (χ0n) is 10.7. The minimum Gasteiger partial charge on any atom is -0.462 e. The summed E-state index contributed by atoms with van der Waals surface area (Å²) in [6, 6.07) is 7.33. The van der Waals surface area contributed by atoms with Crippen molar-refractivity contribution < 1.29 is 9.53 Å². The van der Waals surface area contributed by atoms with Crippen LogP contribution in [-0.2, 0) is 4.74 Å². The topological polar surface area (TPSA) is 52.3 Å². The number of hydrogen-bond donors (Lipinski definition) is 1. The van der Waals surface area contributed by atoms with Gasteiger partial charge < -0.3 is 10.5 Å². The van der Waals surface area contributed by atoms with Gasteiger partial charge in [-0.05, 0) is 31.5 Å². The summed E-state index contributed by atoms with van der Waals surface area (Å²) in [4.78, 5) is 13.0. The molecule has 0 amide bonds. The number of carbonyl (C=O) groups excluding carboxylic acids is 1. The predicted molar refractivity (Wildman–Crippen MR) is 79.9 cm³/mol. The summed E-state index contributed by atoms with van der Waals surface area (Å²) in [5.74, 6) is -0.380. The summed E-state index contributed by atoms with van der Waals surface area (Å²) in [5.41, 5.74) is 8.13. The van der Waals surface area contributed by atoms with Gasteiger partial charge in [0, 0.05) is 15.5 Å². The molecule has 5 heteroatoms. The van der Waals surface area contributed by atoms with Crippen LogP contribution >= 0.6 is 22.9 Å². The molecule has 1 aromatic carbocycles. The quantitative estimate of drug-likeness (QED) is 0.866. The van der Waals surface area contributed by atoms with Crippen molar-refractivity contribution >= 4 is 33.9 Å². The number of nitrogen functional groups attached to an aromatic ring is 1. The lowest BCUT2D eigenvalue weighted by atomic mass is 10.0. The van der Waals surface area contributed by atoms with Gasteiger partial charge in [-0.1, -0.05) is 23.7 Å². The van der Waals surface area contributed by atoms with E-state index < -0.39 is 0 Å². The lowest BCUT2D eigenvalue weighted by Crippen LogP contribution is -2.07. The Morgan fingerprint density at radius 1 is 1.37 bits per heavy atom. The maximum absolute atomic E-state index is 12.0. The van der Waals surface area contributed by atoms with Crippen molar-refractivity contribution in [2.24, 2.45) is 0 Å². The molecule has 0 saturated heterocycles. The fourth-order valence-corrected chi connectivity index (χ4v) is 3.00. The van der Waals surface area contributed by atoms with Crippen LogP contribution in [0.5, 0.6) is 0 Å². The number of nitrogens with two attached hydrogens (primary N) is 1. The molecule has 0 saturated carbocycles. The first kappa shape index (κ1) is 13.9. The van der Waals surface area contributed by atoms with Gasteiger partial charge in [0.15, 0.2) is 0 Å². The SMILES string of the molecule is CCOC(=O)c1c(N)sc(C)c1-c1ccc(Cl)cc1. The molecular formula is C14H14ClNO2S. The number of carbonyl (C=O) groups is 1. The van der Waals surface area contributed by atoms with Gasteiger partial charge in [-0.15, -0.1) is 11.3 Å². The van der Waals surface area contributed by atoms with E-state index in [2.05, 4.69) is 0 Å². The van der Waals surface area contributed by atoms with Crippen LogP contribution in [0.15, 0.2) is 24.3 Å². The van der Waals surface area contributed by atoms with E-state index in [0.29, 0.717) is 22.2 Å². The number of hydrogen-bond acceptors (Lipinski definition) is 4. The van der Waals surface area contributed by atoms with Gasteiger partial charge in [0.25, 0.3) is 0 Å². The van der Waals surface area contributed by atoms with Crippen molar-refractivity contribution in [3.05, 3.63) is 39.7 Å². The average Bonchev–Trinajstić information content (AvgIpc) is 2.65. The van der Waals surface area contributed by atoms with E-state index in [1.54, 1.807) is 19.1 Å². The summed E-state index contributed by atoms with van der Waals surface area (Å²) in [6.07, 6.45) is 0. The fourth-order valence-electron chi connectivity index (χ4n) is 1.94. The summed E-state index contributed by atoms with van der Waals surface area (Å²) < 4.78 is 5.07. The Morgan fingerprint density at radius 2 is 2.00 bits per heavy atom. The molecule has 19 heavy (non-hydrogen) atoms. The summed E-state index contributed by atoms with van der Waals surface area (Å²) >= 11 is 7.28. The molecule has 100 valence electrons. The Hall–Kier alpha value is -1.52. The highest BCUT2D eigenvalue weighted by molar-refractivity contribution is 7.16. The Balaban J connectivity index is 2.56. The number of thiophene rings is 1. The molecule has 2 N–H and O–H groups in total. The zero-order valence-corrected chi connectivity index (χ0v) is 12.3. The molecule has 0 fully saturated rings. The molecule has 2 rings (SSSR count). The number of halogens is 1. The lowest BCUT2D eigenvalue weighted by Gasteiger charge is -2.06. The van der Waals surface area contributed by atoms with E-state index in [4.69, 9.17) is 22.1 Å². The average molecular weight is 296 g/mol. The van der Waals surface area contributed by atoms with Gasteiger partial charge in [0.05, 0.1) is 6.61 Å². The highest BCUT2D eigenvalue weighted by Crippen LogP contribution is 2.38. The molecule has 1 aromatic heterocycles. The minimum absolute atomic E-state index is 0.327. The first-order valence-corrected chi connectivity index (χ1v) is 7.06. The van der Waals surface area contributed by atoms with E-state index in [-0.39, 0.29) is 5.97 Å². The molecule has 0 unspecified atom stereocenters. The lowest BCUT2D eigenvalue weighted by molar-refractivity contribution is 0.0529. The second-order valence-electron chi connectivity index (χ2n) is 4.00. The number of anilines is 1. The minimum atomic E-state index is -0.380. The van der Waals surface area contributed by atoms with E-state index >= 15 is 0 Å². The third-order valence-corrected chi connectivity index (χ3v) is 3.91.